The highest BCUT2D eigenvalue weighted by Gasteiger charge is 2.22. The number of carbonyl (C=O) groups is 1. The molecule has 1 saturated carbocycles. The molecule has 1 aliphatic carbocycles. The van der Waals surface area contributed by atoms with E-state index in [4.69, 9.17) is 9.84 Å². The van der Waals surface area contributed by atoms with Gasteiger partial charge in [-0.05, 0) is 31.2 Å². The Morgan fingerprint density at radius 2 is 1.95 bits per heavy atom. The largest absolute Gasteiger partial charge is 0.445 e. The molecule has 4 nitrogen and oxygen atoms in total. The number of benzene rings is 1. The quantitative estimate of drug-likeness (QED) is 0.848. The van der Waals surface area contributed by atoms with Gasteiger partial charge in [-0.2, -0.15) is 11.8 Å². The summed E-state index contributed by atoms with van der Waals surface area (Å²) in [4.78, 5) is 11.8. The first-order valence-corrected chi connectivity index (χ1v) is 8.52. The van der Waals surface area contributed by atoms with Crippen molar-refractivity contribution in [1.29, 1.82) is 0 Å². The predicted molar refractivity (Wildman–Crippen MR) is 85.4 cm³/mol. The third-order valence-corrected chi connectivity index (χ3v) is 5.01. The Bertz CT molecular complexity index is 419. The molecule has 2 N–H and O–H groups in total. The fourth-order valence-corrected chi connectivity index (χ4v) is 3.57. The highest BCUT2D eigenvalue weighted by Crippen LogP contribution is 2.28. The zero-order valence-electron chi connectivity index (χ0n) is 12.2. The van der Waals surface area contributed by atoms with Gasteiger partial charge in [-0.15, -0.1) is 0 Å². The Labute approximate surface area is 130 Å². The summed E-state index contributed by atoms with van der Waals surface area (Å²) in [6.45, 7) is 0.559. The van der Waals surface area contributed by atoms with E-state index in [-0.39, 0.29) is 18.7 Å². The Morgan fingerprint density at radius 3 is 2.62 bits per heavy atom. The van der Waals surface area contributed by atoms with Crippen LogP contribution in [-0.2, 0) is 11.3 Å². The molecule has 0 saturated heterocycles. The monoisotopic (exact) mass is 309 g/mol. The number of alkyl carbamates (subject to hydrolysis) is 1. The van der Waals surface area contributed by atoms with Crippen molar-refractivity contribution in [3.05, 3.63) is 35.9 Å². The normalized spacial score (nSPS) is 21.8. The molecule has 0 aromatic heterocycles. The van der Waals surface area contributed by atoms with Gasteiger partial charge in [-0.25, -0.2) is 4.79 Å². The molecule has 1 fully saturated rings. The van der Waals surface area contributed by atoms with Crippen molar-refractivity contribution in [3.8, 4) is 0 Å². The number of amides is 1. The molecule has 1 amide bonds. The topological polar surface area (TPSA) is 58.6 Å². The lowest BCUT2D eigenvalue weighted by molar-refractivity contribution is 0.133. The second-order valence-corrected chi connectivity index (χ2v) is 6.68. The summed E-state index contributed by atoms with van der Waals surface area (Å²) >= 11 is 1.83. The van der Waals surface area contributed by atoms with Crippen LogP contribution in [0.1, 0.15) is 31.2 Å². The molecule has 0 bridgehead atoms. The minimum atomic E-state index is -0.328. The van der Waals surface area contributed by atoms with E-state index < -0.39 is 0 Å². The molecule has 2 rings (SSSR count). The number of aliphatic hydroxyl groups is 1. The van der Waals surface area contributed by atoms with Crippen molar-refractivity contribution in [2.45, 2.75) is 43.6 Å². The van der Waals surface area contributed by atoms with Gasteiger partial charge in [0.2, 0.25) is 0 Å². The molecule has 0 radical (unpaired) electrons. The van der Waals surface area contributed by atoms with Gasteiger partial charge in [0.15, 0.2) is 0 Å². The second kappa shape index (κ2) is 8.95. The maximum atomic E-state index is 11.8. The Morgan fingerprint density at radius 1 is 1.24 bits per heavy atom. The van der Waals surface area contributed by atoms with Crippen LogP contribution in [0.4, 0.5) is 4.79 Å². The molecule has 116 valence electrons. The van der Waals surface area contributed by atoms with Crippen LogP contribution in [0.5, 0.6) is 0 Å². The minimum absolute atomic E-state index is 0.222. The average Bonchev–Trinajstić information content (AvgIpc) is 2.53. The van der Waals surface area contributed by atoms with Gasteiger partial charge in [0.1, 0.15) is 6.61 Å². The summed E-state index contributed by atoms with van der Waals surface area (Å²) in [6, 6.07) is 9.91. The molecule has 1 aromatic carbocycles. The van der Waals surface area contributed by atoms with Crippen LogP contribution in [0.2, 0.25) is 0 Å². The standard InChI is InChI=1S/C16H23NO3S/c18-10-11-21-15-8-6-14(7-9-15)17-16(19)20-12-13-4-2-1-3-5-13/h1-5,14-15,18H,6-12H2,(H,17,19). The highest BCUT2D eigenvalue weighted by molar-refractivity contribution is 7.99. The summed E-state index contributed by atoms with van der Waals surface area (Å²) in [5.41, 5.74) is 0.997. The lowest BCUT2D eigenvalue weighted by Gasteiger charge is -2.28. The van der Waals surface area contributed by atoms with Crippen LogP contribution in [0.15, 0.2) is 30.3 Å². The Balaban J connectivity index is 1.63. The smallest absolute Gasteiger partial charge is 0.407 e. The fourth-order valence-electron chi connectivity index (χ4n) is 2.52. The van der Waals surface area contributed by atoms with E-state index in [0.29, 0.717) is 11.9 Å². The van der Waals surface area contributed by atoms with Crippen molar-refractivity contribution in [2.75, 3.05) is 12.4 Å². The number of hydrogen-bond acceptors (Lipinski definition) is 4. The zero-order valence-corrected chi connectivity index (χ0v) is 13.0. The first-order valence-electron chi connectivity index (χ1n) is 7.47. The number of nitrogens with one attached hydrogen (secondary N) is 1. The number of rotatable bonds is 6. The summed E-state index contributed by atoms with van der Waals surface area (Å²) in [7, 11) is 0. The van der Waals surface area contributed by atoms with E-state index in [1.54, 1.807) is 0 Å². The number of hydrogen-bond donors (Lipinski definition) is 2. The van der Waals surface area contributed by atoms with E-state index in [1.165, 1.54) is 0 Å². The second-order valence-electron chi connectivity index (χ2n) is 5.27. The summed E-state index contributed by atoms with van der Waals surface area (Å²) < 4.78 is 5.23. The Kier molecular flexibility index (Phi) is 6.89. The van der Waals surface area contributed by atoms with Crippen LogP contribution >= 0.6 is 11.8 Å². The van der Waals surface area contributed by atoms with Crippen molar-refractivity contribution >= 4 is 17.9 Å². The predicted octanol–water partition coefficient (Wildman–Crippen LogP) is 2.95. The third-order valence-electron chi connectivity index (χ3n) is 3.65. The molecular weight excluding hydrogens is 286 g/mol. The van der Waals surface area contributed by atoms with Crippen LogP contribution in [0.25, 0.3) is 0 Å². The molecule has 0 atom stereocenters. The van der Waals surface area contributed by atoms with E-state index in [9.17, 15) is 4.79 Å². The molecule has 0 spiro atoms. The van der Waals surface area contributed by atoms with Crippen LogP contribution in [-0.4, -0.2) is 34.9 Å². The number of ether oxygens (including phenoxy) is 1. The van der Waals surface area contributed by atoms with Gasteiger partial charge in [0.05, 0.1) is 6.61 Å². The molecule has 21 heavy (non-hydrogen) atoms. The summed E-state index contributed by atoms with van der Waals surface area (Å²) in [6.07, 6.45) is 3.83. The molecule has 0 aliphatic heterocycles. The lowest BCUT2D eigenvalue weighted by Crippen LogP contribution is -2.38. The summed E-state index contributed by atoms with van der Waals surface area (Å²) in [5, 5.41) is 12.4. The van der Waals surface area contributed by atoms with Gasteiger partial charge < -0.3 is 15.2 Å². The maximum absolute atomic E-state index is 11.8. The SMILES string of the molecule is O=C(NC1CCC(SCCO)CC1)OCc1ccccc1. The molecule has 1 aliphatic rings. The van der Waals surface area contributed by atoms with Crippen LogP contribution in [0.3, 0.4) is 0 Å². The number of aliphatic hydroxyl groups excluding tert-OH is 1. The fraction of sp³-hybridized carbons (Fsp3) is 0.562. The van der Waals surface area contributed by atoms with Crippen LogP contribution < -0.4 is 5.32 Å². The van der Waals surface area contributed by atoms with E-state index in [0.717, 1.165) is 37.0 Å². The molecule has 1 aromatic rings. The van der Waals surface area contributed by atoms with Crippen molar-refractivity contribution in [3.63, 3.8) is 0 Å². The van der Waals surface area contributed by atoms with Gasteiger partial charge in [0, 0.05) is 17.0 Å². The van der Waals surface area contributed by atoms with Gasteiger partial charge >= 0.3 is 6.09 Å². The third kappa shape index (κ3) is 5.98. The van der Waals surface area contributed by atoms with Crippen LogP contribution in [0, 0.1) is 0 Å². The maximum Gasteiger partial charge on any atom is 0.407 e. The zero-order chi connectivity index (χ0) is 14.9. The van der Waals surface area contributed by atoms with Gasteiger partial charge in [-0.1, -0.05) is 30.3 Å². The molecular formula is C16H23NO3S. The number of thioether (sulfide) groups is 1. The van der Waals surface area contributed by atoms with Crippen molar-refractivity contribution < 1.29 is 14.6 Å². The van der Waals surface area contributed by atoms with Crippen molar-refractivity contribution in [2.24, 2.45) is 0 Å². The molecule has 0 heterocycles. The lowest BCUT2D eigenvalue weighted by atomic mass is 9.95. The molecule has 5 heteroatoms. The van der Waals surface area contributed by atoms with E-state index in [1.807, 2.05) is 42.1 Å². The number of carbonyl (C=O) groups excluding carboxylic acids is 1. The average molecular weight is 309 g/mol. The van der Waals surface area contributed by atoms with Gasteiger partial charge in [0.25, 0.3) is 0 Å². The molecule has 0 unspecified atom stereocenters. The Hall–Kier alpha value is -1.20. The van der Waals surface area contributed by atoms with E-state index >= 15 is 0 Å². The highest BCUT2D eigenvalue weighted by atomic mass is 32.2. The minimum Gasteiger partial charge on any atom is -0.445 e. The summed E-state index contributed by atoms with van der Waals surface area (Å²) in [5.74, 6) is 0.807. The first-order chi connectivity index (χ1) is 10.3. The van der Waals surface area contributed by atoms with E-state index in [2.05, 4.69) is 5.32 Å². The first kappa shape index (κ1) is 16.2. The van der Waals surface area contributed by atoms with Crippen molar-refractivity contribution in [1.82, 2.24) is 5.32 Å². The van der Waals surface area contributed by atoms with Gasteiger partial charge in [-0.3, -0.25) is 0 Å².